The molecule has 0 bridgehead atoms. The molecule has 1 N–H and O–H groups in total. The molecule has 0 heterocycles. The average molecular weight is 299 g/mol. The van der Waals surface area contributed by atoms with E-state index in [9.17, 15) is 0 Å². The third-order valence-electron chi connectivity index (χ3n) is 3.42. The van der Waals surface area contributed by atoms with E-state index in [1.807, 2.05) is 0 Å². The van der Waals surface area contributed by atoms with Crippen molar-refractivity contribution in [1.29, 1.82) is 0 Å². The lowest BCUT2D eigenvalue weighted by molar-refractivity contribution is 0.185. The summed E-state index contributed by atoms with van der Waals surface area (Å²) in [7, 11) is 4.23. The molecule has 0 aliphatic rings. The van der Waals surface area contributed by atoms with E-state index in [-0.39, 0.29) is 5.54 Å². The van der Waals surface area contributed by atoms with Crippen LogP contribution < -0.4 is 5.32 Å². The molecule has 0 aliphatic carbocycles. The van der Waals surface area contributed by atoms with Crippen molar-refractivity contribution in [2.45, 2.75) is 32.4 Å². The van der Waals surface area contributed by atoms with Gasteiger partial charge in [-0.3, -0.25) is 0 Å². The van der Waals surface area contributed by atoms with E-state index >= 15 is 0 Å². The molecule has 0 radical (unpaired) electrons. The third-order valence-corrected chi connectivity index (χ3v) is 3.95. The first kappa shape index (κ1) is 14.7. The number of nitrogens with zero attached hydrogens (tertiary/aromatic N) is 1. The Bertz CT molecular complexity index is 344. The maximum absolute atomic E-state index is 3.58. The highest BCUT2D eigenvalue weighted by atomic mass is 79.9. The van der Waals surface area contributed by atoms with Gasteiger partial charge in [-0.1, -0.05) is 28.1 Å². The highest BCUT2D eigenvalue weighted by molar-refractivity contribution is 9.10. The highest BCUT2D eigenvalue weighted by Gasteiger charge is 2.20. The molecule has 1 unspecified atom stereocenters. The molecule has 0 saturated heterocycles. The molecule has 0 aliphatic heterocycles. The molecular weight excluding hydrogens is 276 g/mol. The van der Waals surface area contributed by atoms with Gasteiger partial charge in [-0.15, -0.1) is 0 Å². The van der Waals surface area contributed by atoms with E-state index < -0.39 is 0 Å². The molecule has 0 amide bonds. The van der Waals surface area contributed by atoms with E-state index in [1.165, 1.54) is 5.56 Å². The standard InChI is InChI=1S/C14H23BrN2/c1-11(12-6-8-13(15)9-7-12)16-10-14(2,3)17(4)5/h6-9,11,16H,10H2,1-5H3. The van der Waals surface area contributed by atoms with Crippen LogP contribution in [-0.4, -0.2) is 31.1 Å². The van der Waals surface area contributed by atoms with Gasteiger partial charge < -0.3 is 10.2 Å². The van der Waals surface area contributed by atoms with E-state index in [0.29, 0.717) is 6.04 Å². The van der Waals surface area contributed by atoms with Crippen molar-refractivity contribution in [3.63, 3.8) is 0 Å². The van der Waals surface area contributed by atoms with Crippen molar-refractivity contribution in [2.75, 3.05) is 20.6 Å². The molecule has 1 rings (SSSR count). The summed E-state index contributed by atoms with van der Waals surface area (Å²) >= 11 is 3.46. The lowest BCUT2D eigenvalue weighted by Crippen LogP contribution is -2.47. The number of likely N-dealkylation sites (N-methyl/N-ethyl adjacent to an activating group) is 1. The molecule has 17 heavy (non-hydrogen) atoms. The Balaban J connectivity index is 2.55. The summed E-state index contributed by atoms with van der Waals surface area (Å²) < 4.78 is 1.13. The van der Waals surface area contributed by atoms with Gasteiger partial charge in [-0.05, 0) is 52.6 Å². The summed E-state index contributed by atoms with van der Waals surface area (Å²) in [6.07, 6.45) is 0. The molecule has 1 atom stereocenters. The summed E-state index contributed by atoms with van der Waals surface area (Å²) in [4.78, 5) is 2.24. The van der Waals surface area contributed by atoms with Gasteiger partial charge in [0.1, 0.15) is 0 Å². The predicted octanol–water partition coefficient (Wildman–Crippen LogP) is 3.44. The van der Waals surface area contributed by atoms with Crippen molar-refractivity contribution in [3.05, 3.63) is 34.3 Å². The van der Waals surface area contributed by atoms with Crippen LogP contribution in [0.15, 0.2) is 28.7 Å². The number of benzene rings is 1. The highest BCUT2D eigenvalue weighted by Crippen LogP contribution is 2.17. The van der Waals surface area contributed by atoms with Crippen LogP contribution in [0.1, 0.15) is 32.4 Å². The Morgan fingerprint density at radius 3 is 2.24 bits per heavy atom. The average Bonchev–Trinajstić information content (AvgIpc) is 2.27. The van der Waals surface area contributed by atoms with E-state index in [1.54, 1.807) is 0 Å². The molecule has 1 aromatic rings. The van der Waals surface area contributed by atoms with Gasteiger partial charge in [-0.2, -0.15) is 0 Å². The predicted molar refractivity (Wildman–Crippen MR) is 78.3 cm³/mol. The second-order valence-electron chi connectivity index (χ2n) is 5.36. The van der Waals surface area contributed by atoms with E-state index in [2.05, 4.69) is 85.3 Å². The Kier molecular flexibility index (Phi) is 5.17. The smallest absolute Gasteiger partial charge is 0.0292 e. The van der Waals surface area contributed by atoms with Gasteiger partial charge in [0, 0.05) is 22.6 Å². The molecule has 3 heteroatoms. The van der Waals surface area contributed by atoms with Crippen molar-refractivity contribution in [2.24, 2.45) is 0 Å². The minimum absolute atomic E-state index is 0.170. The molecule has 0 fully saturated rings. The molecule has 2 nitrogen and oxygen atoms in total. The second kappa shape index (κ2) is 5.98. The van der Waals surface area contributed by atoms with Crippen molar-refractivity contribution >= 4 is 15.9 Å². The summed E-state index contributed by atoms with van der Waals surface area (Å²) in [5, 5.41) is 3.58. The fraction of sp³-hybridized carbons (Fsp3) is 0.571. The van der Waals surface area contributed by atoms with Crippen LogP contribution in [0, 0.1) is 0 Å². The molecule has 0 spiro atoms. The van der Waals surface area contributed by atoms with E-state index in [0.717, 1.165) is 11.0 Å². The number of nitrogens with one attached hydrogen (secondary N) is 1. The fourth-order valence-corrected chi connectivity index (χ4v) is 1.69. The summed E-state index contributed by atoms with van der Waals surface area (Å²) in [5.74, 6) is 0. The Hall–Kier alpha value is -0.380. The first-order valence-corrected chi connectivity index (χ1v) is 6.78. The zero-order chi connectivity index (χ0) is 13.1. The largest absolute Gasteiger partial charge is 0.308 e. The molecule has 0 aromatic heterocycles. The van der Waals surface area contributed by atoms with Gasteiger partial charge in [0.25, 0.3) is 0 Å². The van der Waals surface area contributed by atoms with Crippen LogP contribution >= 0.6 is 15.9 Å². The third kappa shape index (κ3) is 4.41. The van der Waals surface area contributed by atoms with Crippen molar-refractivity contribution in [1.82, 2.24) is 10.2 Å². The maximum atomic E-state index is 3.58. The van der Waals surface area contributed by atoms with Crippen LogP contribution in [0.3, 0.4) is 0 Å². The van der Waals surface area contributed by atoms with Gasteiger partial charge in [-0.25, -0.2) is 0 Å². The van der Waals surface area contributed by atoms with Gasteiger partial charge >= 0.3 is 0 Å². The first-order chi connectivity index (χ1) is 7.83. The van der Waals surface area contributed by atoms with Gasteiger partial charge in [0.2, 0.25) is 0 Å². The lowest BCUT2D eigenvalue weighted by atomic mass is 10.0. The van der Waals surface area contributed by atoms with Crippen LogP contribution in [0.4, 0.5) is 0 Å². The summed E-state index contributed by atoms with van der Waals surface area (Å²) in [6, 6.07) is 8.87. The maximum Gasteiger partial charge on any atom is 0.0292 e. The van der Waals surface area contributed by atoms with Gasteiger partial charge in [0.15, 0.2) is 0 Å². The number of rotatable bonds is 5. The van der Waals surface area contributed by atoms with Crippen LogP contribution in [0.5, 0.6) is 0 Å². The number of halogens is 1. The Morgan fingerprint density at radius 1 is 1.24 bits per heavy atom. The molecule has 1 aromatic carbocycles. The lowest BCUT2D eigenvalue weighted by Gasteiger charge is -2.34. The monoisotopic (exact) mass is 298 g/mol. The zero-order valence-electron chi connectivity index (χ0n) is 11.4. The van der Waals surface area contributed by atoms with E-state index in [4.69, 9.17) is 0 Å². The van der Waals surface area contributed by atoms with Crippen LogP contribution in [0.2, 0.25) is 0 Å². The SMILES string of the molecule is CC(NCC(C)(C)N(C)C)c1ccc(Br)cc1. The molecule has 0 saturated carbocycles. The minimum Gasteiger partial charge on any atom is -0.308 e. The van der Waals surface area contributed by atoms with Gasteiger partial charge in [0.05, 0.1) is 0 Å². The quantitative estimate of drug-likeness (QED) is 0.896. The minimum atomic E-state index is 0.170. The zero-order valence-corrected chi connectivity index (χ0v) is 13.0. The van der Waals surface area contributed by atoms with Crippen molar-refractivity contribution in [3.8, 4) is 0 Å². The molecular formula is C14H23BrN2. The normalized spacial score (nSPS) is 14.1. The Morgan fingerprint density at radius 2 is 1.76 bits per heavy atom. The van der Waals surface area contributed by atoms with Crippen molar-refractivity contribution < 1.29 is 0 Å². The number of hydrogen-bond acceptors (Lipinski definition) is 2. The Labute approximate surface area is 114 Å². The second-order valence-corrected chi connectivity index (χ2v) is 6.28. The van der Waals surface area contributed by atoms with Crippen LogP contribution in [0.25, 0.3) is 0 Å². The number of hydrogen-bond donors (Lipinski definition) is 1. The first-order valence-electron chi connectivity index (χ1n) is 5.99. The van der Waals surface area contributed by atoms with Crippen LogP contribution in [-0.2, 0) is 0 Å². The molecule has 96 valence electrons. The summed E-state index contributed by atoms with van der Waals surface area (Å²) in [5.41, 5.74) is 1.49. The summed E-state index contributed by atoms with van der Waals surface area (Å²) in [6.45, 7) is 7.66. The topological polar surface area (TPSA) is 15.3 Å². The fourth-order valence-electron chi connectivity index (χ4n) is 1.43.